The van der Waals surface area contributed by atoms with Gasteiger partial charge in [-0.2, -0.15) is 8.42 Å². The quantitative estimate of drug-likeness (QED) is 0.232. The Balaban J connectivity index is 1.59. The molecular weight excluding hydrogens is 486 g/mol. The number of carbonyl (C=O) groups is 5. The molecule has 0 unspecified atom stereocenters. The molecule has 0 aromatic carbocycles. The van der Waals surface area contributed by atoms with Gasteiger partial charge in [0.1, 0.15) is 6.04 Å². The number of urea groups is 2. The molecule has 3 rings (SSSR count). The number of hydrogen-bond donors (Lipinski definition) is 6. The van der Waals surface area contributed by atoms with Gasteiger partial charge in [0.15, 0.2) is 5.75 Å². The molecule has 0 bridgehead atoms. The number of ether oxygens (including phenoxy) is 1. The van der Waals surface area contributed by atoms with Crippen molar-refractivity contribution in [3.8, 4) is 11.6 Å². The Morgan fingerprint density at radius 3 is 2.50 bits per heavy atom. The Hall–Kier alpha value is -4.55. The van der Waals surface area contributed by atoms with Crippen LogP contribution in [-0.2, 0) is 15.0 Å². The molecule has 184 valence electrons. The van der Waals surface area contributed by atoms with Crippen LogP contribution in [0.5, 0.6) is 11.6 Å². The maximum Gasteiger partial charge on any atom is 0.433 e. The average molecular weight is 503 g/mol. The van der Waals surface area contributed by atoms with E-state index in [-0.39, 0.29) is 29.7 Å². The van der Waals surface area contributed by atoms with E-state index in [0.29, 0.717) is 9.91 Å². The number of imide groups is 1. The molecule has 2 aliphatic heterocycles. The van der Waals surface area contributed by atoms with E-state index in [4.69, 9.17) is 14.9 Å². The van der Waals surface area contributed by atoms with E-state index in [1.54, 1.807) is 0 Å². The number of hydrazine groups is 1. The van der Waals surface area contributed by atoms with Gasteiger partial charge in [0.2, 0.25) is 11.3 Å². The number of carbonyl (C=O) groups excluding carboxylic acids is 4. The van der Waals surface area contributed by atoms with E-state index in [1.165, 1.54) is 4.72 Å². The van der Waals surface area contributed by atoms with Crippen molar-refractivity contribution in [2.75, 3.05) is 19.6 Å². The summed E-state index contributed by atoms with van der Waals surface area (Å²) in [5, 5.41) is 20.2. The maximum absolute atomic E-state index is 12.5. The van der Waals surface area contributed by atoms with Crippen LogP contribution in [0.2, 0.25) is 0 Å². The zero-order valence-corrected chi connectivity index (χ0v) is 17.7. The number of pyridine rings is 1. The molecule has 1 aromatic rings. The number of nitrogens with one attached hydrogen (secondary N) is 4. The molecule has 7 amide bonds. The van der Waals surface area contributed by atoms with E-state index in [2.05, 4.69) is 4.98 Å². The molecule has 0 aliphatic carbocycles. The zero-order chi connectivity index (χ0) is 25.2. The van der Waals surface area contributed by atoms with E-state index in [0.717, 1.165) is 12.3 Å². The molecular formula is C15H17N7O11S. The third-order valence-corrected chi connectivity index (χ3v) is 5.81. The van der Waals surface area contributed by atoms with Crippen molar-refractivity contribution in [2.45, 2.75) is 12.5 Å². The van der Waals surface area contributed by atoms with Crippen molar-refractivity contribution in [1.29, 1.82) is 0 Å². The molecule has 1 atom stereocenters. The Labute approximate surface area is 189 Å². The Kier molecular flexibility index (Phi) is 6.47. The van der Waals surface area contributed by atoms with Gasteiger partial charge in [-0.3, -0.25) is 14.5 Å². The van der Waals surface area contributed by atoms with Crippen LogP contribution in [0, 0.1) is 0 Å². The topological polar surface area (TPSA) is 248 Å². The predicted molar refractivity (Wildman–Crippen MR) is 105 cm³/mol. The van der Waals surface area contributed by atoms with Gasteiger partial charge in [-0.05, 0) is 6.42 Å². The largest absolute Gasteiger partial charge is 0.503 e. The second-order valence-electron chi connectivity index (χ2n) is 6.77. The summed E-state index contributed by atoms with van der Waals surface area (Å²) in [7, 11) is -4.81. The maximum atomic E-state index is 12.5. The van der Waals surface area contributed by atoms with Crippen molar-refractivity contribution in [3.63, 3.8) is 0 Å². The standard InChI is InChI=1S/C15H17N7O11S/c23-8-4-10(16-5-9(8)24)33-14(29)18-21-2-1-3-22(15(21)30)34(31,32)19-12(26)20-6-7(11(20)25)17-13(27)28/h4-5,7,17,24H,1-3,6H2,(H,16,23)(H,18,29)(H,19,26)(H,27,28)/t7-/m0/s1. The van der Waals surface area contributed by atoms with Crippen LogP contribution < -0.4 is 25.6 Å². The zero-order valence-electron chi connectivity index (χ0n) is 16.9. The van der Waals surface area contributed by atoms with Gasteiger partial charge in [0, 0.05) is 19.3 Å². The predicted octanol–water partition coefficient (Wildman–Crippen LogP) is -2.36. The molecule has 19 heteroatoms. The normalized spacial score (nSPS) is 18.1. The minimum Gasteiger partial charge on any atom is -0.503 e. The highest BCUT2D eigenvalue weighted by Gasteiger charge is 2.44. The minimum atomic E-state index is -4.81. The van der Waals surface area contributed by atoms with Crippen LogP contribution in [0.15, 0.2) is 17.1 Å². The number of β-lactam (4-membered cyclic amide) rings is 1. The highest BCUT2D eigenvalue weighted by atomic mass is 32.2. The Morgan fingerprint density at radius 2 is 1.88 bits per heavy atom. The molecule has 3 heterocycles. The van der Waals surface area contributed by atoms with Crippen molar-refractivity contribution in [3.05, 3.63) is 22.5 Å². The van der Waals surface area contributed by atoms with Gasteiger partial charge in [0.05, 0.1) is 12.6 Å². The van der Waals surface area contributed by atoms with Crippen LogP contribution in [-0.4, -0.2) is 93.7 Å². The smallest absolute Gasteiger partial charge is 0.433 e. The first kappa shape index (κ1) is 24.1. The van der Waals surface area contributed by atoms with Gasteiger partial charge in [-0.15, -0.1) is 0 Å². The third-order valence-electron chi connectivity index (χ3n) is 4.46. The summed E-state index contributed by atoms with van der Waals surface area (Å²) in [5.74, 6) is -2.00. The molecule has 6 N–H and O–H groups in total. The van der Waals surface area contributed by atoms with Gasteiger partial charge in [-0.25, -0.2) is 38.6 Å². The molecule has 0 saturated carbocycles. The summed E-state index contributed by atoms with van der Waals surface area (Å²) in [6.45, 7) is -0.913. The van der Waals surface area contributed by atoms with Gasteiger partial charge >= 0.3 is 34.5 Å². The molecule has 0 radical (unpaired) electrons. The number of aromatic nitrogens is 1. The van der Waals surface area contributed by atoms with Crippen LogP contribution in [0.4, 0.5) is 19.2 Å². The highest BCUT2D eigenvalue weighted by Crippen LogP contribution is 2.15. The fraction of sp³-hybridized carbons (Fsp3) is 0.333. The van der Waals surface area contributed by atoms with Crippen LogP contribution in [0.25, 0.3) is 0 Å². The van der Waals surface area contributed by atoms with E-state index in [1.807, 2.05) is 10.7 Å². The number of nitrogens with zero attached hydrogens (tertiary/aromatic N) is 3. The van der Waals surface area contributed by atoms with Crippen LogP contribution in [0.3, 0.4) is 0 Å². The lowest BCUT2D eigenvalue weighted by Crippen LogP contribution is -2.68. The highest BCUT2D eigenvalue weighted by molar-refractivity contribution is 7.88. The van der Waals surface area contributed by atoms with Crippen LogP contribution >= 0.6 is 0 Å². The van der Waals surface area contributed by atoms with E-state index >= 15 is 0 Å². The molecule has 2 fully saturated rings. The van der Waals surface area contributed by atoms with Gasteiger partial charge < -0.3 is 25.3 Å². The lowest BCUT2D eigenvalue weighted by atomic mass is 10.1. The van der Waals surface area contributed by atoms with Crippen molar-refractivity contribution >= 4 is 40.4 Å². The van der Waals surface area contributed by atoms with Crippen molar-refractivity contribution in [2.24, 2.45) is 0 Å². The summed E-state index contributed by atoms with van der Waals surface area (Å²) in [6.07, 6.45) is -1.89. The number of aromatic hydroxyl groups is 1. The molecule has 18 nitrogen and oxygen atoms in total. The number of amides is 7. The first-order valence-electron chi connectivity index (χ1n) is 9.26. The molecule has 2 aliphatic rings. The summed E-state index contributed by atoms with van der Waals surface area (Å²) in [4.78, 5) is 73.0. The fourth-order valence-corrected chi connectivity index (χ4v) is 3.96. The number of rotatable bonds is 5. The first-order chi connectivity index (χ1) is 15.9. The summed E-state index contributed by atoms with van der Waals surface area (Å²) < 4.78 is 31.5. The molecule has 1 aromatic heterocycles. The molecule has 2 saturated heterocycles. The Bertz CT molecular complexity index is 1210. The summed E-state index contributed by atoms with van der Waals surface area (Å²) in [5.41, 5.74) is 1.12. The summed E-state index contributed by atoms with van der Waals surface area (Å²) >= 11 is 0. The summed E-state index contributed by atoms with van der Waals surface area (Å²) in [6, 6.07) is -3.12. The third kappa shape index (κ3) is 5.09. The van der Waals surface area contributed by atoms with Crippen LogP contribution in [0.1, 0.15) is 6.42 Å². The van der Waals surface area contributed by atoms with Gasteiger partial charge in [-0.1, -0.05) is 0 Å². The van der Waals surface area contributed by atoms with E-state index < -0.39 is 64.1 Å². The number of carboxylic acid groups (broad SMARTS) is 1. The van der Waals surface area contributed by atoms with Gasteiger partial charge in [0.25, 0.3) is 5.91 Å². The monoisotopic (exact) mass is 503 g/mol. The number of likely N-dealkylation sites (tertiary alicyclic amines) is 1. The number of hydrogen-bond acceptors (Lipinski definition) is 10. The lowest BCUT2D eigenvalue weighted by Gasteiger charge is -2.37. The van der Waals surface area contributed by atoms with E-state index in [9.17, 15) is 37.2 Å². The number of H-pyrrole nitrogens is 1. The molecule has 34 heavy (non-hydrogen) atoms. The minimum absolute atomic E-state index is 0.0322. The average Bonchev–Trinajstić information content (AvgIpc) is 2.74. The van der Waals surface area contributed by atoms with Crippen molar-refractivity contribution in [1.82, 2.24) is 34.7 Å². The molecule has 0 spiro atoms. The first-order valence-corrected chi connectivity index (χ1v) is 10.7. The SMILES string of the molecule is O=C(O)N[C@H]1CN(C(=O)NS(=O)(=O)N2CCCN(NC(=O)Oc3cc(=O)c(O)c[nH]3)C2=O)C1=O. The lowest BCUT2D eigenvalue weighted by molar-refractivity contribution is -0.138. The fourth-order valence-electron chi connectivity index (χ4n) is 2.85. The second kappa shape index (κ2) is 9.13. The second-order valence-corrected chi connectivity index (χ2v) is 8.37. The van der Waals surface area contributed by atoms with Crippen molar-refractivity contribution < 1.29 is 47.3 Å². The Morgan fingerprint density at radius 1 is 1.18 bits per heavy atom. The number of aromatic amines is 1.